The van der Waals surface area contributed by atoms with Crippen molar-refractivity contribution in [2.24, 2.45) is 11.8 Å². The van der Waals surface area contributed by atoms with Gasteiger partial charge in [-0.3, -0.25) is 11.3 Å². The van der Waals surface area contributed by atoms with Gasteiger partial charge in [0.1, 0.15) is 5.82 Å². The molecule has 1 aromatic carbocycles. The van der Waals surface area contributed by atoms with Crippen LogP contribution in [0.25, 0.3) is 0 Å². The lowest BCUT2D eigenvalue weighted by Gasteiger charge is -2.20. The van der Waals surface area contributed by atoms with Crippen LogP contribution >= 0.6 is 0 Å². The molecule has 3 N–H and O–H groups in total. The zero-order valence-electron chi connectivity index (χ0n) is 10.2. The molecule has 1 aliphatic rings. The van der Waals surface area contributed by atoms with Gasteiger partial charge in [-0.1, -0.05) is 43.9 Å². The van der Waals surface area contributed by atoms with E-state index in [2.05, 4.69) is 5.43 Å². The Balaban J connectivity index is 1.92. The quantitative estimate of drug-likeness (QED) is 0.609. The van der Waals surface area contributed by atoms with E-state index in [1.54, 1.807) is 6.07 Å². The van der Waals surface area contributed by atoms with Crippen LogP contribution in [0.2, 0.25) is 0 Å². The van der Waals surface area contributed by atoms with E-state index in [1.165, 1.54) is 31.7 Å². The van der Waals surface area contributed by atoms with Gasteiger partial charge in [-0.15, -0.1) is 0 Å². The van der Waals surface area contributed by atoms with Crippen molar-refractivity contribution in [1.29, 1.82) is 0 Å². The lowest BCUT2D eigenvalue weighted by Crippen LogP contribution is -2.38. The maximum atomic E-state index is 13.5. The van der Waals surface area contributed by atoms with Gasteiger partial charge >= 0.3 is 0 Å². The van der Waals surface area contributed by atoms with Crippen molar-refractivity contribution < 1.29 is 4.39 Å². The number of halogens is 1. The molecule has 1 unspecified atom stereocenters. The average Bonchev–Trinajstić information content (AvgIpc) is 2.84. The van der Waals surface area contributed by atoms with Gasteiger partial charge < -0.3 is 0 Å². The molecule has 17 heavy (non-hydrogen) atoms. The first-order chi connectivity index (χ1) is 8.29. The minimum absolute atomic E-state index is 0.126. The molecule has 2 rings (SSSR count). The highest BCUT2D eigenvalue weighted by Crippen LogP contribution is 2.29. The highest BCUT2D eigenvalue weighted by atomic mass is 19.1. The zero-order valence-corrected chi connectivity index (χ0v) is 10.2. The smallest absolute Gasteiger partial charge is 0.126 e. The summed E-state index contributed by atoms with van der Waals surface area (Å²) in [5.41, 5.74) is 3.60. The number of nitrogens with one attached hydrogen (secondary N) is 1. The summed E-state index contributed by atoms with van der Waals surface area (Å²) in [6.45, 7) is 0. The molecule has 1 fully saturated rings. The lowest BCUT2D eigenvalue weighted by molar-refractivity contribution is 0.386. The monoisotopic (exact) mass is 236 g/mol. The Kier molecular flexibility index (Phi) is 4.51. The molecule has 1 aliphatic carbocycles. The van der Waals surface area contributed by atoms with Gasteiger partial charge in [0.2, 0.25) is 0 Å². The number of hydrazine groups is 1. The van der Waals surface area contributed by atoms with Crippen LogP contribution in [0.1, 0.15) is 37.7 Å². The van der Waals surface area contributed by atoms with Gasteiger partial charge in [0.25, 0.3) is 0 Å². The van der Waals surface area contributed by atoms with Gasteiger partial charge in [0, 0.05) is 6.04 Å². The molecule has 0 amide bonds. The van der Waals surface area contributed by atoms with Crippen molar-refractivity contribution in [3.63, 3.8) is 0 Å². The number of rotatable bonds is 5. The van der Waals surface area contributed by atoms with Crippen LogP contribution in [-0.4, -0.2) is 6.04 Å². The second-order valence-electron chi connectivity index (χ2n) is 5.05. The largest absolute Gasteiger partial charge is 0.271 e. The van der Waals surface area contributed by atoms with Crippen LogP contribution in [0, 0.1) is 11.7 Å². The minimum atomic E-state index is -0.126. The molecule has 0 radical (unpaired) electrons. The summed E-state index contributed by atoms with van der Waals surface area (Å²) in [6.07, 6.45) is 7.01. The summed E-state index contributed by atoms with van der Waals surface area (Å²) < 4.78 is 13.5. The highest BCUT2D eigenvalue weighted by Gasteiger charge is 2.20. The molecular formula is C14H21FN2. The fourth-order valence-electron chi connectivity index (χ4n) is 2.79. The Hall–Kier alpha value is -0.930. The molecule has 0 bridgehead atoms. The van der Waals surface area contributed by atoms with Crippen molar-refractivity contribution in [2.45, 2.75) is 44.6 Å². The van der Waals surface area contributed by atoms with E-state index in [9.17, 15) is 4.39 Å². The SMILES string of the molecule is NNC(Cc1ccccc1F)CC1CCCC1. The van der Waals surface area contributed by atoms with Gasteiger partial charge in [0.05, 0.1) is 0 Å². The third-order valence-corrected chi connectivity index (χ3v) is 3.75. The number of benzene rings is 1. The van der Waals surface area contributed by atoms with Gasteiger partial charge in [0.15, 0.2) is 0 Å². The minimum Gasteiger partial charge on any atom is -0.271 e. The Morgan fingerprint density at radius 2 is 2.00 bits per heavy atom. The Bertz CT molecular complexity index is 348. The van der Waals surface area contributed by atoms with E-state index >= 15 is 0 Å². The number of hydrogen-bond donors (Lipinski definition) is 2. The van der Waals surface area contributed by atoms with Crippen LogP contribution in [-0.2, 0) is 6.42 Å². The van der Waals surface area contributed by atoms with E-state index in [-0.39, 0.29) is 11.9 Å². The second kappa shape index (κ2) is 6.12. The molecule has 1 saturated carbocycles. The first-order valence-electron chi connectivity index (χ1n) is 6.49. The van der Waals surface area contributed by atoms with E-state index in [0.29, 0.717) is 6.42 Å². The van der Waals surface area contributed by atoms with E-state index in [4.69, 9.17) is 5.84 Å². The Morgan fingerprint density at radius 3 is 2.65 bits per heavy atom. The summed E-state index contributed by atoms with van der Waals surface area (Å²) in [6, 6.07) is 7.14. The maximum Gasteiger partial charge on any atom is 0.126 e. The van der Waals surface area contributed by atoms with E-state index < -0.39 is 0 Å². The predicted octanol–water partition coefficient (Wildman–Crippen LogP) is 2.78. The molecule has 1 atom stereocenters. The zero-order chi connectivity index (χ0) is 12.1. The molecule has 0 aliphatic heterocycles. The van der Waals surface area contributed by atoms with Crippen LogP contribution in [0.15, 0.2) is 24.3 Å². The van der Waals surface area contributed by atoms with Crippen LogP contribution in [0.3, 0.4) is 0 Å². The predicted molar refractivity (Wildman–Crippen MR) is 67.8 cm³/mol. The first kappa shape index (κ1) is 12.5. The van der Waals surface area contributed by atoms with E-state index in [1.807, 2.05) is 12.1 Å². The molecule has 2 nitrogen and oxygen atoms in total. The van der Waals surface area contributed by atoms with E-state index in [0.717, 1.165) is 17.9 Å². The highest BCUT2D eigenvalue weighted by molar-refractivity contribution is 5.18. The molecule has 0 aromatic heterocycles. The normalized spacial score (nSPS) is 18.5. The topological polar surface area (TPSA) is 38.0 Å². The van der Waals surface area contributed by atoms with Gasteiger partial charge in [-0.05, 0) is 30.4 Å². The molecule has 1 aromatic rings. The molecule has 94 valence electrons. The fraction of sp³-hybridized carbons (Fsp3) is 0.571. The maximum absolute atomic E-state index is 13.5. The standard InChI is InChI=1S/C14H21FN2/c15-14-8-4-3-7-12(14)10-13(17-16)9-11-5-1-2-6-11/h3-4,7-8,11,13,17H,1-2,5-6,9-10,16H2. The van der Waals surface area contributed by atoms with Crippen LogP contribution < -0.4 is 11.3 Å². The van der Waals surface area contributed by atoms with Gasteiger partial charge in [-0.25, -0.2) is 4.39 Å². The summed E-state index contributed by atoms with van der Waals surface area (Å²) in [4.78, 5) is 0. The molecule has 0 spiro atoms. The number of hydrogen-bond acceptors (Lipinski definition) is 2. The third kappa shape index (κ3) is 3.51. The van der Waals surface area contributed by atoms with Crippen molar-refractivity contribution in [2.75, 3.05) is 0 Å². The molecular weight excluding hydrogens is 215 g/mol. The van der Waals surface area contributed by atoms with Gasteiger partial charge in [-0.2, -0.15) is 0 Å². The summed E-state index contributed by atoms with van der Waals surface area (Å²) in [5, 5.41) is 0. The van der Waals surface area contributed by atoms with Crippen molar-refractivity contribution in [3.8, 4) is 0 Å². The number of nitrogens with two attached hydrogens (primary N) is 1. The summed E-state index contributed by atoms with van der Waals surface area (Å²) >= 11 is 0. The lowest BCUT2D eigenvalue weighted by atomic mass is 9.94. The summed E-state index contributed by atoms with van der Waals surface area (Å²) in [7, 11) is 0. The average molecular weight is 236 g/mol. The molecule has 3 heteroatoms. The summed E-state index contributed by atoms with van der Waals surface area (Å²) in [5.74, 6) is 6.22. The fourth-order valence-corrected chi connectivity index (χ4v) is 2.79. The van der Waals surface area contributed by atoms with Crippen LogP contribution in [0.5, 0.6) is 0 Å². The van der Waals surface area contributed by atoms with Crippen molar-refractivity contribution in [3.05, 3.63) is 35.6 Å². The Morgan fingerprint density at radius 1 is 1.29 bits per heavy atom. The Labute approximate surface area is 102 Å². The third-order valence-electron chi connectivity index (χ3n) is 3.75. The molecule has 0 heterocycles. The van der Waals surface area contributed by atoms with Crippen LogP contribution in [0.4, 0.5) is 4.39 Å². The molecule has 0 saturated heterocycles. The van der Waals surface area contributed by atoms with Crippen molar-refractivity contribution >= 4 is 0 Å². The first-order valence-corrected chi connectivity index (χ1v) is 6.49. The second-order valence-corrected chi connectivity index (χ2v) is 5.05. The van der Waals surface area contributed by atoms with Crippen molar-refractivity contribution in [1.82, 2.24) is 5.43 Å².